The monoisotopic (exact) mass is 165 g/mol. The largest absolute Gasteiger partial charge is 0.497 e. The topological polar surface area (TPSA) is 35.2 Å². The normalized spacial score (nSPS) is 12.6. The SMILES string of the molecule is CC[C@H](N)c1ccc(OC)cc1. The summed E-state index contributed by atoms with van der Waals surface area (Å²) in [6.45, 7) is 2.08. The summed E-state index contributed by atoms with van der Waals surface area (Å²) < 4.78 is 5.04. The van der Waals surface area contributed by atoms with Gasteiger partial charge in [-0.25, -0.2) is 0 Å². The van der Waals surface area contributed by atoms with Crippen LogP contribution in [0.5, 0.6) is 5.75 Å². The molecule has 1 aromatic rings. The lowest BCUT2D eigenvalue weighted by molar-refractivity contribution is 0.414. The van der Waals surface area contributed by atoms with E-state index in [4.69, 9.17) is 10.5 Å². The van der Waals surface area contributed by atoms with Gasteiger partial charge >= 0.3 is 0 Å². The molecular weight excluding hydrogens is 150 g/mol. The zero-order valence-corrected chi connectivity index (χ0v) is 7.58. The number of hydrogen-bond donors (Lipinski definition) is 1. The van der Waals surface area contributed by atoms with E-state index in [9.17, 15) is 0 Å². The van der Waals surface area contributed by atoms with Gasteiger partial charge in [0.25, 0.3) is 0 Å². The van der Waals surface area contributed by atoms with Crippen molar-refractivity contribution in [2.24, 2.45) is 5.73 Å². The van der Waals surface area contributed by atoms with Crippen LogP contribution in [0.2, 0.25) is 0 Å². The molecule has 0 aliphatic heterocycles. The van der Waals surface area contributed by atoms with Crippen LogP contribution < -0.4 is 10.5 Å². The summed E-state index contributed by atoms with van der Waals surface area (Å²) in [5, 5.41) is 0. The predicted molar refractivity (Wildman–Crippen MR) is 50.2 cm³/mol. The Hall–Kier alpha value is -1.02. The van der Waals surface area contributed by atoms with Gasteiger partial charge < -0.3 is 10.5 Å². The van der Waals surface area contributed by atoms with Crippen molar-refractivity contribution in [2.45, 2.75) is 19.4 Å². The standard InChI is InChI=1S/C10H15NO/c1-3-10(11)8-4-6-9(12-2)7-5-8/h4-7,10H,3,11H2,1-2H3/t10-/m0/s1. The lowest BCUT2D eigenvalue weighted by Crippen LogP contribution is -2.07. The number of benzene rings is 1. The van der Waals surface area contributed by atoms with Gasteiger partial charge in [0.1, 0.15) is 5.75 Å². The van der Waals surface area contributed by atoms with Crippen molar-refractivity contribution >= 4 is 0 Å². The second-order valence-corrected chi connectivity index (χ2v) is 2.79. The summed E-state index contributed by atoms with van der Waals surface area (Å²) in [5.74, 6) is 0.877. The Morgan fingerprint density at radius 3 is 2.33 bits per heavy atom. The van der Waals surface area contributed by atoms with Crippen LogP contribution in [-0.4, -0.2) is 7.11 Å². The molecule has 0 amide bonds. The Labute approximate surface area is 73.3 Å². The maximum atomic E-state index is 5.84. The van der Waals surface area contributed by atoms with Crippen molar-refractivity contribution in [1.29, 1.82) is 0 Å². The maximum Gasteiger partial charge on any atom is 0.118 e. The van der Waals surface area contributed by atoms with Crippen LogP contribution in [0.15, 0.2) is 24.3 Å². The fraction of sp³-hybridized carbons (Fsp3) is 0.400. The number of nitrogens with two attached hydrogens (primary N) is 1. The van der Waals surface area contributed by atoms with Crippen LogP contribution in [0.4, 0.5) is 0 Å². The Morgan fingerprint density at radius 1 is 1.33 bits per heavy atom. The fourth-order valence-corrected chi connectivity index (χ4v) is 1.09. The van der Waals surface area contributed by atoms with Gasteiger partial charge in [0.15, 0.2) is 0 Å². The molecule has 1 rings (SSSR count). The van der Waals surface area contributed by atoms with Gasteiger partial charge in [0, 0.05) is 6.04 Å². The van der Waals surface area contributed by atoms with E-state index < -0.39 is 0 Å². The molecule has 0 fully saturated rings. The summed E-state index contributed by atoms with van der Waals surface area (Å²) in [7, 11) is 1.66. The van der Waals surface area contributed by atoms with Crippen LogP contribution in [0, 0.1) is 0 Å². The minimum Gasteiger partial charge on any atom is -0.497 e. The molecule has 0 radical (unpaired) electrons. The number of methoxy groups -OCH3 is 1. The second-order valence-electron chi connectivity index (χ2n) is 2.79. The molecule has 0 spiro atoms. The number of rotatable bonds is 3. The highest BCUT2D eigenvalue weighted by atomic mass is 16.5. The van der Waals surface area contributed by atoms with Gasteiger partial charge in [-0.3, -0.25) is 0 Å². The quantitative estimate of drug-likeness (QED) is 0.744. The average Bonchev–Trinajstić information content (AvgIpc) is 2.17. The highest BCUT2D eigenvalue weighted by Crippen LogP contribution is 2.17. The van der Waals surface area contributed by atoms with Gasteiger partial charge in [0.2, 0.25) is 0 Å². The average molecular weight is 165 g/mol. The van der Waals surface area contributed by atoms with E-state index in [0.29, 0.717) is 0 Å². The molecule has 0 unspecified atom stereocenters. The predicted octanol–water partition coefficient (Wildman–Crippen LogP) is 2.10. The third-order valence-corrected chi connectivity index (χ3v) is 1.98. The molecule has 2 heteroatoms. The van der Waals surface area contributed by atoms with Crippen LogP contribution in [-0.2, 0) is 0 Å². The van der Waals surface area contributed by atoms with Gasteiger partial charge in [-0.15, -0.1) is 0 Å². The lowest BCUT2D eigenvalue weighted by atomic mass is 10.1. The van der Waals surface area contributed by atoms with Crippen molar-refractivity contribution in [3.8, 4) is 5.75 Å². The van der Waals surface area contributed by atoms with E-state index >= 15 is 0 Å². The molecule has 0 heterocycles. The van der Waals surface area contributed by atoms with E-state index in [1.165, 1.54) is 5.56 Å². The van der Waals surface area contributed by atoms with E-state index in [1.807, 2.05) is 24.3 Å². The highest BCUT2D eigenvalue weighted by molar-refractivity contribution is 5.28. The van der Waals surface area contributed by atoms with Crippen molar-refractivity contribution in [1.82, 2.24) is 0 Å². The van der Waals surface area contributed by atoms with E-state index in [-0.39, 0.29) is 6.04 Å². The van der Waals surface area contributed by atoms with Crippen LogP contribution in [0.1, 0.15) is 24.9 Å². The van der Waals surface area contributed by atoms with Gasteiger partial charge in [-0.05, 0) is 24.1 Å². The summed E-state index contributed by atoms with van der Waals surface area (Å²) in [6.07, 6.45) is 0.965. The number of ether oxygens (including phenoxy) is 1. The molecule has 12 heavy (non-hydrogen) atoms. The molecule has 0 aliphatic carbocycles. The molecule has 1 aromatic carbocycles. The molecule has 66 valence electrons. The molecule has 0 bridgehead atoms. The van der Waals surface area contributed by atoms with Gasteiger partial charge in [0.05, 0.1) is 7.11 Å². The summed E-state index contributed by atoms with van der Waals surface area (Å²) in [5.41, 5.74) is 7.01. The van der Waals surface area contributed by atoms with Crippen molar-refractivity contribution in [2.75, 3.05) is 7.11 Å². The minimum atomic E-state index is 0.149. The summed E-state index contributed by atoms with van der Waals surface area (Å²) in [6, 6.07) is 8.03. The molecule has 0 saturated carbocycles. The fourth-order valence-electron chi connectivity index (χ4n) is 1.09. The Kier molecular flexibility index (Phi) is 3.11. The molecule has 0 aromatic heterocycles. The van der Waals surface area contributed by atoms with Crippen molar-refractivity contribution in [3.63, 3.8) is 0 Å². The summed E-state index contributed by atoms with van der Waals surface area (Å²) >= 11 is 0. The van der Waals surface area contributed by atoms with Crippen LogP contribution in [0.25, 0.3) is 0 Å². The first-order valence-corrected chi connectivity index (χ1v) is 4.17. The Morgan fingerprint density at radius 2 is 1.92 bits per heavy atom. The lowest BCUT2D eigenvalue weighted by Gasteiger charge is -2.09. The molecule has 0 aliphatic rings. The molecule has 2 N–H and O–H groups in total. The third-order valence-electron chi connectivity index (χ3n) is 1.98. The van der Waals surface area contributed by atoms with Gasteiger partial charge in [-0.1, -0.05) is 19.1 Å². The maximum absolute atomic E-state index is 5.84. The minimum absolute atomic E-state index is 0.149. The van der Waals surface area contributed by atoms with Crippen molar-refractivity contribution in [3.05, 3.63) is 29.8 Å². The van der Waals surface area contributed by atoms with E-state index in [2.05, 4.69) is 6.92 Å². The first-order chi connectivity index (χ1) is 5.77. The van der Waals surface area contributed by atoms with E-state index in [0.717, 1.165) is 12.2 Å². The first kappa shape index (κ1) is 9.07. The molecule has 2 nitrogen and oxygen atoms in total. The van der Waals surface area contributed by atoms with Gasteiger partial charge in [-0.2, -0.15) is 0 Å². The smallest absolute Gasteiger partial charge is 0.118 e. The Balaban J connectivity index is 2.77. The third kappa shape index (κ3) is 1.98. The van der Waals surface area contributed by atoms with Crippen LogP contribution in [0.3, 0.4) is 0 Å². The molecule has 0 saturated heterocycles. The summed E-state index contributed by atoms with van der Waals surface area (Å²) in [4.78, 5) is 0. The highest BCUT2D eigenvalue weighted by Gasteiger charge is 2.01. The second kappa shape index (κ2) is 4.12. The number of hydrogen-bond acceptors (Lipinski definition) is 2. The zero-order valence-electron chi connectivity index (χ0n) is 7.58. The van der Waals surface area contributed by atoms with Crippen molar-refractivity contribution < 1.29 is 4.74 Å². The Bertz CT molecular complexity index is 230. The van der Waals surface area contributed by atoms with E-state index in [1.54, 1.807) is 7.11 Å². The first-order valence-electron chi connectivity index (χ1n) is 4.17. The molecule has 1 atom stereocenters. The zero-order chi connectivity index (χ0) is 8.97. The van der Waals surface area contributed by atoms with Crippen LogP contribution >= 0.6 is 0 Å². The molecular formula is C10H15NO.